The summed E-state index contributed by atoms with van der Waals surface area (Å²) >= 11 is 0. The predicted octanol–water partition coefficient (Wildman–Crippen LogP) is 3.05. The number of fused-ring (bicyclic) bond motifs is 1. The van der Waals surface area contributed by atoms with E-state index in [4.69, 9.17) is 4.74 Å². The molecule has 2 aromatic rings. The highest BCUT2D eigenvalue weighted by Gasteiger charge is 2.30. The minimum atomic E-state index is 0.00219. The molecule has 0 radical (unpaired) electrons. The van der Waals surface area contributed by atoms with Gasteiger partial charge in [-0.3, -0.25) is 14.9 Å². The highest BCUT2D eigenvalue weighted by molar-refractivity contribution is 6.09. The molecule has 33 heavy (non-hydrogen) atoms. The molecule has 0 bridgehead atoms. The SMILES string of the molecule is CC(=O)N1CCC(NC2CCCO2)=C(C(=N)N2CCCc3cc(-c4cnn(C)c4)ccc32)C1. The molecule has 1 unspecified atom stereocenters. The molecule has 1 aromatic heterocycles. The monoisotopic (exact) mass is 448 g/mol. The van der Waals surface area contributed by atoms with Crippen molar-refractivity contribution in [2.24, 2.45) is 7.05 Å². The molecule has 1 fully saturated rings. The van der Waals surface area contributed by atoms with Gasteiger partial charge < -0.3 is 19.9 Å². The first-order valence-corrected chi connectivity index (χ1v) is 11.8. The Labute approximate surface area is 194 Å². The van der Waals surface area contributed by atoms with Gasteiger partial charge in [0, 0.05) is 68.8 Å². The number of aromatic nitrogens is 2. The molecule has 1 amide bonds. The second-order valence-electron chi connectivity index (χ2n) is 9.14. The quantitative estimate of drug-likeness (QED) is 0.555. The Bertz CT molecular complexity index is 1100. The summed E-state index contributed by atoms with van der Waals surface area (Å²) in [4.78, 5) is 16.1. The van der Waals surface area contributed by atoms with Crippen LogP contribution in [-0.4, -0.2) is 58.9 Å². The highest BCUT2D eigenvalue weighted by atomic mass is 16.5. The fourth-order valence-corrected chi connectivity index (χ4v) is 5.04. The molecule has 3 aliphatic heterocycles. The van der Waals surface area contributed by atoms with Crippen LogP contribution in [0.1, 0.15) is 38.2 Å². The van der Waals surface area contributed by atoms with E-state index in [2.05, 4.69) is 33.5 Å². The number of ether oxygens (including phenoxy) is 1. The second kappa shape index (κ2) is 9.02. The molecule has 5 rings (SSSR count). The third-order valence-corrected chi connectivity index (χ3v) is 6.85. The first kappa shape index (κ1) is 21.7. The van der Waals surface area contributed by atoms with E-state index in [1.54, 1.807) is 6.92 Å². The highest BCUT2D eigenvalue weighted by Crippen LogP contribution is 2.33. The van der Waals surface area contributed by atoms with Crippen molar-refractivity contribution in [1.29, 1.82) is 5.41 Å². The number of nitrogens with zero attached hydrogens (tertiary/aromatic N) is 4. The number of anilines is 1. The molecule has 1 saturated heterocycles. The number of carbonyl (C=O) groups is 1. The van der Waals surface area contributed by atoms with Crippen molar-refractivity contribution in [3.8, 4) is 11.1 Å². The van der Waals surface area contributed by atoms with Gasteiger partial charge in [-0.05, 0) is 48.9 Å². The average molecular weight is 449 g/mol. The minimum absolute atomic E-state index is 0.00219. The van der Waals surface area contributed by atoms with Crippen LogP contribution in [0.2, 0.25) is 0 Å². The van der Waals surface area contributed by atoms with Crippen molar-refractivity contribution in [1.82, 2.24) is 20.0 Å². The summed E-state index contributed by atoms with van der Waals surface area (Å²) in [7, 11) is 1.93. The van der Waals surface area contributed by atoms with E-state index in [0.29, 0.717) is 18.9 Å². The van der Waals surface area contributed by atoms with Crippen LogP contribution in [0.3, 0.4) is 0 Å². The molecule has 4 heterocycles. The predicted molar refractivity (Wildman–Crippen MR) is 128 cm³/mol. The van der Waals surface area contributed by atoms with Gasteiger partial charge in [-0.1, -0.05) is 6.07 Å². The molecule has 8 heteroatoms. The molecule has 1 atom stereocenters. The molecule has 2 N–H and O–H groups in total. The summed E-state index contributed by atoms with van der Waals surface area (Å²) < 4.78 is 7.62. The van der Waals surface area contributed by atoms with E-state index in [0.717, 1.165) is 73.3 Å². The average Bonchev–Trinajstić information content (AvgIpc) is 3.49. The van der Waals surface area contributed by atoms with Gasteiger partial charge in [0.25, 0.3) is 0 Å². The second-order valence-corrected chi connectivity index (χ2v) is 9.14. The lowest BCUT2D eigenvalue weighted by atomic mass is 9.95. The van der Waals surface area contributed by atoms with E-state index < -0.39 is 0 Å². The van der Waals surface area contributed by atoms with Crippen LogP contribution in [0.15, 0.2) is 41.9 Å². The number of benzene rings is 1. The number of rotatable bonds is 4. The maximum atomic E-state index is 12.1. The Morgan fingerprint density at radius 2 is 2.09 bits per heavy atom. The third-order valence-electron chi connectivity index (χ3n) is 6.85. The Morgan fingerprint density at radius 1 is 1.21 bits per heavy atom. The van der Waals surface area contributed by atoms with Gasteiger partial charge >= 0.3 is 0 Å². The Kier molecular flexibility index (Phi) is 5.93. The van der Waals surface area contributed by atoms with Crippen LogP contribution >= 0.6 is 0 Å². The molecule has 0 spiro atoms. The van der Waals surface area contributed by atoms with Gasteiger partial charge in [0.05, 0.1) is 12.7 Å². The van der Waals surface area contributed by atoms with Crippen LogP contribution in [0.25, 0.3) is 11.1 Å². The van der Waals surface area contributed by atoms with Gasteiger partial charge in [-0.25, -0.2) is 0 Å². The van der Waals surface area contributed by atoms with Crippen molar-refractivity contribution in [3.05, 3.63) is 47.4 Å². The third kappa shape index (κ3) is 4.39. The Morgan fingerprint density at radius 3 is 2.82 bits per heavy atom. The van der Waals surface area contributed by atoms with Crippen molar-refractivity contribution < 1.29 is 9.53 Å². The van der Waals surface area contributed by atoms with Gasteiger partial charge in [0.1, 0.15) is 12.1 Å². The van der Waals surface area contributed by atoms with E-state index in [1.165, 1.54) is 5.56 Å². The first-order chi connectivity index (χ1) is 16.0. The zero-order valence-electron chi connectivity index (χ0n) is 19.4. The van der Waals surface area contributed by atoms with Gasteiger partial charge in [0.2, 0.25) is 5.91 Å². The lowest BCUT2D eigenvalue weighted by Gasteiger charge is -2.37. The van der Waals surface area contributed by atoms with Crippen molar-refractivity contribution >= 4 is 17.4 Å². The molecular formula is C25H32N6O2. The lowest BCUT2D eigenvalue weighted by Crippen LogP contribution is -2.46. The van der Waals surface area contributed by atoms with Crippen molar-refractivity contribution in [2.75, 3.05) is 31.1 Å². The van der Waals surface area contributed by atoms with E-state index >= 15 is 0 Å². The Hall–Kier alpha value is -3.13. The number of amides is 1. The zero-order valence-corrected chi connectivity index (χ0v) is 19.4. The van der Waals surface area contributed by atoms with Crippen molar-refractivity contribution in [3.63, 3.8) is 0 Å². The maximum absolute atomic E-state index is 12.1. The topological polar surface area (TPSA) is 86.5 Å². The number of amidine groups is 1. The summed E-state index contributed by atoms with van der Waals surface area (Å²) in [5.41, 5.74) is 6.53. The zero-order chi connectivity index (χ0) is 22.9. The van der Waals surface area contributed by atoms with Gasteiger partial charge in [0.15, 0.2) is 0 Å². The van der Waals surface area contributed by atoms with Crippen LogP contribution in [0.4, 0.5) is 5.69 Å². The summed E-state index contributed by atoms with van der Waals surface area (Å²) in [5, 5.41) is 17.0. The largest absolute Gasteiger partial charge is 0.363 e. The fraction of sp³-hybridized carbons (Fsp3) is 0.480. The molecule has 1 aromatic carbocycles. The van der Waals surface area contributed by atoms with E-state index in [1.807, 2.05) is 29.0 Å². The summed E-state index contributed by atoms with van der Waals surface area (Å²) in [6.45, 7) is 4.32. The smallest absolute Gasteiger partial charge is 0.219 e. The summed E-state index contributed by atoms with van der Waals surface area (Å²) in [6, 6.07) is 6.48. The number of aryl methyl sites for hydroxylation is 2. The Balaban J connectivity index is 1.45. The molecule has 0 aliphatic carbocycles. The standard InChI is InChI=1S/C25H32N6O2/c1-17(32)30-11-9-22(28-24-6-4-12-33-24)21(16-30)25(26)31-10-3-5-19-13-18(7-8-23(19)31)20-14-27-29(2)15-20/h7-8,13-15,24,26,28H,3-6,9-12,16H2,1-2H3. The normalized spacial score (nSPS) is 20.7. The van der Waals surface area contributed by atoms with Crippen LogP contribution in [-0.2, 0) is 23.0 Å². The molecule has 174 valence electrons. The lowest BCUT2D eigenvalue weighted by molar-refractivity contribution is -0.128. The molecule has 0 saturated carbocycles. The van der Waals surface area contributed by atoms with Crippen LogP contribution in [0.5, 0.6) is 0 Å². The van der Waals surface area contributed by atoms with Crippen molar-refractivity contribution in [2.45, 2.75) is 45.3 Å². The first-order valence-electron chi connectivity index (χ1n) is 11.8. The molecule has 8 nitrogen and oxygen atoms in total. The molecule has 3 aliphatic rings. The van der Waals surface area contributed by atoms with Gasteiger partial charge in [-0.15, -0.1) is 0 Å². The summed E-state index contributed by atoms with van der Waals surface area (Å²) in [5.74, 6) is 0.535. The maximum Gasteiger partial charge on any atom is 0.219 e. The van der Waals surface area contributed by atoms with E-state index in [-0.39, 0.29) is 12.1 Å². The molecular weight excluding hydrogens is 416 g/mol. The summed E-state index contributed by atoms with van der Waals surface area (Å²) in [6.07, 6.45) is 8.64. The van der Waals surface area contributed by atoms with Gasteiger partial charge in [-0.2, -0.15) is 5.10 Å². The van der Waals surface area contributed by atoms with E-state index in [9.17, 15) is 10.2 Å². The number of nitrogens with one attached hydrogen (secondary N) is 2. The van der Waals surface area contributed by atoms with Crippen LogP contribution in [0, 0.1) is 5.41 Å². The van der Waals surface area contributed by atoms with Crippen LogP contribution < -0.4 is 10.2 Å². The minimum Gasteiger partial charge on any atom is -0.363 e. The fourth-order valence-electron chi connectivity index (χ4n) is 5.04. The number of hydrogen-bond acceptors (Lipinski definition) is 5. The number of hydrogen-bond donors (Lipinski definition) is 2. The number of carbonyl (C=O) groups excluding carboxylic acids is 1.